The van der Waals surface area contributed by atoms with Crippen LogP contribution in [0.25, 0.3) is 0 Å². The molecule has 14 heavy (non-hydrogen) atoms. The summed E-state index contributed by atoms with van der Waals surface area (Å²) in [5.41, 5.74) is 2.81. The van der Waals surface area contributed by atoms with Crippen LogP contribution >= 0.6 is 0 Å². The Bertz CT molecular complexity index is 408. The van der Waals surface area contributed by atoms with E-state index in [0.29, 0.717) is 6.42 Å². The lowest BCUT2D eigenvalue weighted by Crippen LogP contribution is -2.05. The Balaban J connectivity index is 2.54. The fourth-order valence-electron chi connectivity index (χ4n) is 1.41. The Hall–Kier alpha value is -1.64. The van der Waals surface area contributed by atoms with Crippen molar-refractivity contribution in [2.75, 3.05) is 7.11 Å². The molecule has 0 radical (unpaired) electrons. The van der Waals surface area contributed by atoms with Crippen molar-refractivity contribution in [2.45, 2.75) is 13.3 Å². The Morgan fingerprint density at radius 1 is 1.14 bits per heavy atom. The molecule has 0 saturated heterocycles. The summed E-state index contributed by atoms with van der Waals surface area (Å²) in [6.07, 6.45) is 0.686. The van der Waals surface area contributed by atoms with E-state index >= 15 is 0 Å². The van der Waals surface area contributed by atoms with Gasteiger partial charge in [0.2, 0.25) is 0 Å². The van der Waals surface area contributed by atoms with E-state index in [2.05, 4.69) is 9.98 Å². The van der Waals surface area contributed by atoms with Crippen LogP contribution in [0.15, 0.2) is 34.3 Å². The van der Waals surface area contributed by atoms with Crippen molar-refractivity contribution in [1.29, 1.82) is 0 Å². The molecule has 0 fully saturated rings. The van der Waals surface area contributed by atoms with Gasteiger partial charge in [0.1, 0.15) is 0 Å². The molecule has 2 rings (SSSR count). The second-order valence-corrected chi connectivity index (χ2v) is 3.22. The number of methoxy groups -OCH3 is 1. The number of nitrogens with zero attached hydrogens (tertiary/aromatic N) is 2. The third-order valence-corrected chi connectivity index (χ3v) is 2.08. The predicted octanol–water partition coefficient (Wildman–Crippen LogP) is 2.86. The van der Waals surface area contributed by atoms with Crippen molar-refractivity contribution in [3.05, 3.63) is 24.3 Å². The second-order valence-electron chi connectivity index (χ2n) is 3.22. The van der Waals surface area contributed by atoms with Gasteiger partial charge in [-0.25, -0.2) is 4.99 Å². The van der Waals surface area contributed by atoms with Crippen LogP contribution in [0.2, 0.25) is 0 Å². The molecule has 1 aliphatic heterocycles. The van der Waals surface area contributed by atoms with Crippen LogP contribution in [0.5, 0.6) is 0 Å². The molecule has 0 aliphatic carbocycles. The lowest BCUT2D eigenvalue weighted by molar-refractivity contribution is 0.397. The molecule has 3 nitrogen and oxygen atoms in total. The first-order valence-electron chi connectivity index (χ1n) is 4.54. The highest BCUT2D eigenvalue weighted by atomic mass is 16.5. The third kappa shape index (κ3) is 1.66. The van der Waals surface area contributed by atoms with E-state index in [-0.39, 0.29) is 0 Å². The molecule has 1 aromatic rings. The minimum atomic E-state index is 0.686. The number of rotatable bonds is 0. The quantitative estimate of drug-likeness (QED) is 0.616. The molecule has 0 N–H and O–H groups in total. The predicted molar refractivity (Wildman–Crippen MR) is 57.9 cm³/mol. The molecule has 1 aliphatic rings. The first-order chi connectivity index (χ1) is 6.79. The largest absolute Gasteiger partial charge is 0.484 e. The number of benzene rings is 1. The van der Waals surface area contributed by atoms with Gasteiger partial charge in [-0.3, -0.25) is 4.99 Å². The van der Waals surface area contributed by atoms with Crippen LogP contribution in [0, 0.1) is 0 Å². The fraction of sp³-hybridized carbons (Fsp3) is 0.273. The molecular weight excluding hydrogens is 176 g/mol. The molecular formula is C11H12N2O. The van der Waals surface area contributed by atoms with Crippen LogP contribution in [0.1, 0.15) is 13.3 Å². The average Bonchev–Trinajstić information content (AvgIpc) is 2.35. The summed E-state index contributed by atoms with van der Waals surface area (Å²) in [5, 5.41) is 0. The highest BCUT2D eigenvalue weighted by Crippen LogP contribution is 2.30. The summed E-state index contributed by atoms with van der Waals surface area (Å²) in [4.78, 5) is 8.85. The normalized spacial score (nSPS) is 15.0. The summed E-state index contributed by atoms with van der Waals surface area (Å²) >= 11 is 0. The van der Waals surface area contributed by atoms with Gasteiger partial charge in [0, 0.05) is 5.71 Å². The lowest BCUT2D eigenvalue weighted by atomic mass is 10.3. The number of fused-ring (bicyclic) bond motifs is 1. The smallest absolute Gasteiger partial charge is 0.193 e. The number of hydrogen-bond donors (Lipinski definition) is 0. The summed E-state index contributed by atoms with van der Waals surface area (Å²) in [6, 6.07) is 7.81. The van der Waals surface area contributed by atoms with Crippen LogP contribution in [0.4, 0.5) is 11.4 Å². The van der Waals surface area contributed by atoms with E-state index in [1.165, 1.54) is 0 Å². The van der Waals surface area contributed by atoms with Crippen LogP contribution in [-0.4, -0.2) is 18.7 Å². The maximum absolute atomic E-state index is 5.17. The van der Waals surface area contributed by atoms with Gasteiger partial charge in [0.05, 0.1) is 24.9 Å². The monoisotopic (exact) mass is 188 g/mol. The van der Waals surface area contributed by atoms with Crippen molar-refractivity contribution in [3.63, 3.8) is 0 Å². The van der Waals surface area contributed by atoms with Gasteiger partial charge in [-0.05, 0) is 19.1 Å². The minimum absolute atomic E-state index is 0.686. The fourth-order valence-corrected chi connectivity index (χ4v) is 1.41. The van der Waals surface area contributed by atoms with Crippen LogP contribution < -0.4 is 0 Å². The van der Waals surface area contributed by atoms with Crippen molar-refractivity contribution in [3.8, 4) is 0 Å². The van der Waals surface area contributed by atoms with Gasteiger partial charge in [-0.15, -0.1) is 0 Å². The van der Waals surface area contributed by atoms with Crippen LogP contribution in [0.3, 0.4) is 0 Å². The Morgan fingerprint density at radius 2 is 1.79 bits per heavy atom. The highest BCUT2D eigenvalue weighted by molar-refractivity contribution is 6.04. The van der Waals surface area contributed by atoms with Crippen molar-refractivity contribution >= 4 is 23.0 Å². The van der Waals surface area contributed by atoms with E-state index in [4.69, 9.17) is 4.74 Å². The molecule has 1 heterocycles. The first-order valence-corrected chi connectivity index (χ1v) is 4.54. The van der Waals surface area contributed by atoms with E-state index in [9.17, 15) is 0 Å². The van der Waals surface area contributed by atoms with Gasteiger partial charge < -0.3 is 4.74 Å². The van der Waals surface area contributed by atoms with E-state index in [0.717, 1.165) is 23.0 Å². The Labute approximate surface area is 83.2 Å². The van der Waals surface area contributed by atoms with Gasteiger partial charge in [-0.1, -0.05) is 12.1 Å². The lowest BCUT2D eigenvalue weighted by Gasteiger charge is -2.00. The van der Waals surface area contributed by atoms with Gasteiger partial charge in [0.15, 0.2) is 5.90 Å². The summed E-state index contributed by atoms with van der Waals surface area (Å²) < 4.78 is 5.17. The molecule has 1 aromatic carbocycles. The first kappa shape index (κ1) is 8.94. The average molecular weight is 188 g/mol. The SMILES string of the molecule is COC1=Nc2ccccc2N=C(C)C1. The molecule has 0 spiro atoms. The minimum Gasteiger partial charge on any atom is -0.484 e. The van der Waals surface area contributed by atoms with Crippen LogP contribution in [-0.2, 0) is 4.74 Å². The zero-order valence-electron chi connectivity index (χ0n) is 8.32. The number of aliphatic imine (C=N–C) groups is 2. The molecule has 0 aromatic heterocycles. The second kappa shape index (κ2) is 3.62. The van der Waals surface area contributed by atoms with E-state index in [1.54, 1.807) is 7.11 Å². The van der Waals surface area contributed by atoms with Crippen molar-refractivity contribution in [1.82, 2.24) is 0 Å². The molecule has 0 atom stereocenters. The molecule has 72 valence electrons. The van der Waals surface area contributed by atoms with E-state index in [1.807, 2.05) is 31.2 Å². The zero-order chi connectivity index (χ0) is 9.97. The van der Waals surface area contributed by atoms with Gasteiger partial charge in [0.25, 0.3) is 0 Å². The number of ether oxygens (including phenoxy) is 1. The standard InChI is InChI=1S/C11H12N2O/c1-8-7-11(14-2)13-10-6-4-3-5-9(10)12-8/h3-6H,7H2,1-2H3. The Kier molecular flexibility index (Phi) is 2.31. The molecule has 0 amide bonds. The zero-order valence-corrected chi connectivity index (χ0v) is 8.32. The van der Waals surface area contributed by atoms with Gasteiger partial charge >= 0.3 is 0 Å². The van der Waals surface area contributed by atoms with E-state index < -0.39 is 0 Å². The molecule has 0 saturated carbocycles. The summed E-state index contributed by atoms with van der Waals surface area (Å²) in [6.45, 7) is 1.98. The van der Waals surface area contributed by atoms with Crippen molar-refractivity contribution < 1.29 is 4.74 Å². The summed E-state index contributed by atoms with van der Waals surface area (Å²) in [5.74, 6) is 0.719. The molecule has 0 unspecified atom stereocenters. The maximum Gasteiger partial charge on any atom is 0.193 e. The number of para-hydroxylation sites is 2. The Morgan fingerprint density at radius 3 is 2.43 bits per heavy atom. The van der Waals surface area contributed by atoms with Gasteiger partial charge in [-0.2, -0.15) is 0 Å². The third-order valence-electron chi connectivity index (χ3n) is 2.08. The number of hydrogen-bond acceptors (Lipinski definition) is 3. The topological polar surface area (TPSA) is 34.0 Å². The molecule has 3 heteroatoms. The maximum atomic E-state index is 5.17. The molecule has 0 bridgehead atoms. The highest BCUT2D eigenvalue weighted by Gasteiger charge is 2.09. The van der Waals surface area contributed by atoms with Crippen molar-refractivity contribution in [2.24, 2.45) is 9.98 Å². The summed E-state index contributed by atoms with van der Waals surface area (Å²) in [7, 11) is 1.64.